The molecule has 1 atom stereocenters. The Hall–Kier alpha value is -1.39. The van der Waals surface area contributed by atoms with Gasteiger partial charge in [-0.15, -0.1) is 0 Å². The molecule has 1 fully saturated rings. The molecule has 0 aliphatic carbocycles. The van der Waals surface area contributed by atoms with Crippen LogP contribution in [0.25, 0.3) is 0 Å². The molecule has 1 aromatic rings. The molecule has 4 nitrogen and oxygen atoms in total. The number of likely N-dealkylation sites (tertiary alicyclic amines) is 1. The SMILES string of the molecule is COC(=O)[C@@H](O)C1CCN(CCc2ccc(C)cc2)CC1. The van der Waals surface area contributed by atoms with Gasteiger partial charge in [0.2, 0.25) is 0 Å². The number of ether oxygens (including phenoxy) is 1. The van der Waals surface area contributed by atoms with Gasteiger partial charge in [-0.2, -0.15) is 0 Å². The van der Waals surface area contributed by atoms with Crippen LogP contribution in [0.5, 0.6) is 0 Å². The predicted molar refractivity (Wildman–Crippen MR) is 82.1 cm³/mol. The van der Waals surface area contributed by atoms with Crippen LogP contribution in [-0.2, 0) is 16.0 Å². The van der Waals surface area contributed by atoms with Gasteiger partial charge >= 0.3 is 5.97 Å². The van der Waals surface area contributed by atoms with Crippen LogP contribution in [0.4, 0.5) is 0 Å². The van der Waals surface area contributed by atoms with Crippen molar-refractivity contribution in [3.05, 3.63) is 35.4 Å². The number of esters is 1. The Kier molecular flexibility index (Phi) is 5.76. The molecule has 1 heterocycles. The Labute approximate surface area is 126 Å². The number of nitrogens with zero attached hydrogens (tertiary/aromatic N) is 1. The van der Waals surface area contributed by atoms with Gasteiger partial charge in [-0.25, -0.2) is 4.79 Å². The minimum atomic E-state index is -0.964. The molecule has 0 spiro atoms. The maximum Gasteiger partial charge on any atom is 0.334 e. The van der Waals surface area contributed by atoms with Gasteiger partial charge in [0.05, 0.1) is 7.11 Å². The number of carbonyl (C=O) groups excluding carboxylic acids is 1. The summed E-state index contributed by atoms with van der Waals surface area (Å²) in [4.78, 5) is 13.7. The molecule has 0 bridgehead atoms. The van der Waals surface area contributed by atoms with Crippen molar-refractivity contribution in [3.63, 3.8) is 0 Å². The highest BCUT2D eigenvalue weighted by atomic mass is 16.5. The first-order chi connectivity index (χ1) is 10.1. The molecular weight excluding hydrogens is 266 g/mol. The Morgan fingerprint density at radius 2 is 1.95 bits per heavy atom. The zero-order chi connectivity index (χ0) is 15.2. The fourth-order valence-corrected chi connectivity index (χ4v) is 2.85. The van der Waals surface area contributed by atoms with Crippen molar-refractivity contribution in [2.75, 3.05) is 26.7 Å². The highest BCUT2D eigenvalue weighted by Crippen LogP contribution is 2.21. The zero-order valence-corrected chi connectivity index (χ0v) is 12.9. The molecule has 116 valence electrons. The molecule has 0 aromatic heterocycles. The number of hydrogen-bond donors (Lipinski definition) is 1. The first-order valence-electron chi connectivity index (χ1n) is 7.64. The Morgan fingerprint density at radius 1 is 1.33 bits per heavy atom. The molecule has 1 N–H and O–H groups in total. The summed E-state index contributed by atoms with van der Waals surface area (Å²) in [5, 5.41) is 9.87. The fraction of sp³-hybridized carbons (Fsp3) is 0.588. The van der Waals surface area contributed by atoms with Crippen molar-refractivity contribution < 1.29 is 14.6 Å². The van der Waals surface area contributed by atoms with Crippen LogP contribution in [0.2, 0.25) is 0 Å². The molecule has 0 radical (unpaired) electrons. The Bertz CT molecular complexity index is 450. The molecule has 0 amide bonds. The first-order valence-corrected chi connectivity index (χ1v) is 7.64. The first kappa shape index (κ1) is 16.0. The van der Waals surface area contributed by atoms with Crippen molar-refractivity contribution in [1.82, 2.24) is 4.90 Å². The van der Waals surface area contributed by atoms with Gasteiger partial charge < -0.3 is 14.7 Å². The molecule has 1 aliphatic rings. The lowest BCUT2D eigenvalue weighted by Gasteiger charge is -2.33. The van der Waals surface area contributed by atoms with Gasteiger partial charge in [0.15, 0.2) is 6.10 Å². The number of aryl methyl sites for hydroxylation is 1. The van der Waals surface area contributed by atoms with Crippen molar-refractivity contribution in [2.45, 2.75) is 32.3 Å². The van der Waals surface area contributed by atoms with Crippen molar-refractivity contribution >= 4 is 5.97 Å². The Balaban J connectivity index is 1.74. The smallest absolute Gasteiger partial charge is 0.334 e. The summed E-state index contributed by atoms with van der Waals surface area (Å²) in [6.07, 6.45) is 1.79. The molecule has 1 aromatic carbocycles. The molecule has 2 rings (SSSR count). The molecule has 0 unspecified atom stereocenters. The summed E-state index contributed by atoms with van der Waals surface area (Å²) in [5.74, 6) is -0.471. The quantitative estimate of drug-likeness (QED) is 0.840. The van der Waals surface area contributed by atoms with Crippen LogP contribution in [-0.4, -0.2) is 48.8 Å². The average molecular weight is 291 g/mol. The van der Waals surface area contributed by atoms with E-state index in [0.717, 1.165) is 38.9 Å². The number of hydrogen-bond acceptors (Lipinski definition) is 4. The highest BCUT2D eigenvalue weighted by Gasteiger charge is 2.30. The van der Waals surface area contributed by atoms with E-state index in [1.807, 2.05) is 0 Å². The van der Waals surface area contributed by atoms with Gasteiger partial charge in [0.25, 0.3) is 0 Å². The number of carbonyl (C=O) groups is 1. The third kappa shape index (κ3) is 4.55. The highest BCUT2D eigenvalue weighted by molar-refractivity contribution is 5.74. The second-order valence-corrected chi connectivity index (χ2v) is 5.88. The van der Waals surface area contributed by atoms with Crippen molar-refractivity contribution in [3.8, 4) is 0 Å². The van der Waals surface area contributed by atoms with E-state index in [4.69, 9.17) is 0 Å². The lowest BCUT2D eigenvalue weighted by atomic mass is 9.91. The van der Waals surface area contributed by atoms with Crippen molar-refractivity contribution in [2.24, 2.45) is 5.92 Å². The predicted octanol–water partition coefficient (Wildman–Crippen LogP) is 1.78. The summed E-state index contributed by atoms with van der Waals surface area (Å²) < 4.78 is 4.60. The standard InChI is InChI=1S/C17H25NO3/c1-13-3-5-14(6-4-13)7-10-18-11-8-15(9-12-18)16(19)17(20)21-2/h3-6,15-16,19H,7-12H2,1-2H3/t16-/m0/s1. The number of methoxy groups -OCH3 is 1. The molecule has 0 saturated carbocycles. The summed E-state index contributed by atoms with van der Waals surface area (Å²) >= 11 is 0. The fourth-order valence-electron chi connectivity index (χ4n) is 2.85. The largest absolute Gasteiger partial charge is 0.467 e. The van der Waals surface area contributed by atoms with E-state index in [2.05, 4.69) is 40.8 Å². The monoisotopic (exact) mass is 291 g/mol. The molecule has 1 saturated heterocycles. The molecular formula is C17H25NO3. The van der Waals surface area contributed by atoms with Crippen molar-refractivity contribution in [1.29, 1.82) is 0 Å². The molecule has 1 aliphatic heterocycles. The van der Waals surface area contributed by atoms with Crippen LogP contribution >= 0.6 is 0 Å². The topological polar surface area (TPSA) is 49.8 Å². The van der Waals surface area contributed by atoms with Crippen LogP contribution in [0.1, 0.15) is 24.0 Å². The lowest BCUT2D eigenvalue weighted by molar-refractivity contribution is -0.154. The minimum absolute atomic E-state index is 0.0353. The normalized spacial score (nSPS) is 18.4. The number of aliphatic hydroxyl groups is 1. The van der Waals surface area contributed by atoms with E-state index in [0.29, 0.717) is 0 Å². The van der Waals surface area contributed by atoms with E-state index in [-0.39, 0.29) is 5.92 Å². The van der Waals surface area contributed by atoms with Crippen LogP contribution in [0.3, 0.4) is 0 Å². The lowest BCUT2D eigenvalue weighted by Crippen LogP contribution is -2.41. The number of piperidine rings is 1. The van der Waals surface area contributed by atoms with Gasteiger partial charge in [-0.05, 0) is 50.8 Å². The van der Waals surface area contributed by atoms with Crippen LogP contribution in [0.15, 0.2) is 24.3 Å². The summed E-state index contributed by atoms with van der Waals surface area (Å²) in [7, 11) is 1.32. The van der Waals surface area contributed by atoms with Gasteiger partial charge in [-0.1, -0.05) is 29.8 Å². The maximum atomic E-state index is 11.3. The van der Waals surface area contributed by atoms with E-state index < -0.39 is 12.1 Å². The zero-order valence-electron chi connectivity index (χ0n) is 12.9. The van der Waals surface area contributed by atoms with E-state index in [9.17, 15) is 9.90 Å². The van der Waals surface area contributed by atoms with Gasteiger partial charge in [0.1, 0.15) is 0 Å². The number of rotatable bonds is 5. The number of aliphatic hydroxyl groups excluding tert-OH is 1. The summed E-state index contributed by atoms with van der Waals surface area (Å²) in [6.45, 7) is 5.00. The maximum absolute atomic E-state index is 11.3. The molecule has 4 heteroatoms. The van der Waals surface area contributed by atoms with E-state index >= 15 is 0 Å². The van der Waals surface area contributed by atoms with Crippen LogP contribution in [0, 0.1) is 12.8 Å². The van der Waals surface area contributed by atoms with Gasteiger partial charge in [-0.3, -0.25) is 0 Å². The summed E-state index contributed by atoms with van der Waals surface area (Å²) in [6, 6.07) is 8.66. The minimum Gasteiger partial charge on any atom is -0.467 e. The third-order valence-corrected chi connectivity index (χ3v) is 4.36. The van der Waals surface area contributed by atoms with E-state index in [1.165, 1.54) is 18.2 Å². The second kappa shape index (κ2) is 7.57. The average Bonchev–Trinajstić information content (AvgIpc) is 2.53. The molecule has 21 heavy (non-hydrogen) atoms. The van der Waals surface area contributed by atoms with E-state index in [1.54, 1.807) is 0 Å². The Morgan fingerprint density at radius 3 is 2.52 bits per heavy atom. The third-order valence-electron chi connectivity index (χ3n) is 4.36. The van der Waals surface area contributed by atoms with Gasteiger partial charge in [0, 0.05) is 6.54 Å². The second-order valence-electron chi connectivity index (χ2n) is 5.88. The van der Waals surface area contributed by atoms with Crippen LogP contribution < -0.4 is 0 Å². The number of benzene rings is 1. The summed E-state index contributed by atoms with van der Waals surface area (Å²) in [5.41, 5.74) is 2.65.